The number of nitrogen functional groups attached to an aromatic ring is 1. The van der Waals surface area contributed by atoms with Gasteiger partial charge in [0, 0.05) is 11.6 Å². The van der Waals surface area contributed by atoms with E-state index in [9.17, 15) is 0 Å². The maximum absolute atomic E-state index is 5.78. The molecule has 0 atom stereocenters. The molecule has 2 N–H and O–H groups in total. The first-order valence-corrected chi connectivity index (χ1v) is 7.26. The Morgan fingerprint density at radius 2 is 1.84 bits per heavy atom. The second-order valence-corrected chi connectivity index (χ2v) is 5.13. The third kappa shape index (κ3) is 3.61. The lowest BCUT2D eigenvalue weighted by Gasteiger charge is -2.10. The van der Waals surface area contributed by atoms with E-state index in [1.807, 2.05) is 44.4 Å². The zero-order chi connectivity index (χ0) is 13.8. The lowest BCUT2D eigenvalue weighted by Crippen LogP contribution is -2.05. The molecule has 0 bridgehead atoms. The lowest BCUT2D eigenvalue weighted by atomic mass is 10.1. The lowest BCUT2D eigenvalue weighted by molar-refractivity contribution is 0.242. The van der Waals surface area contributed by atoms with Gasteiger partial charge in [0.05, 0.1) is 11.8 Å². The van der Waals surface area contributed by atoms with Gasteiger partial charge in [-0.15, -0.1) is 0 Å². The van der Waals surface area contributed by atoms with Gasteiger partial charge in [0.1, 0.15) is 11.6 Å². The van der Waals surface area contributed by atoms with E-state index >= 15 is 0 Å². The van der Waals surface area contributed by atoms with Gasteiger partial charge in [0.2, 0.25) is 0 Å². The summed E-state index contributed by atoms with van der Waals surface area (Å²) in [6.45, 7) is 4.01. The van der Waals surface area contributed by atoms with E-state index in [-0.39, 0.29) is 6.10 Å². The minimum absolute atomic E-state index is 0.170. The molecule has 1 aromatic heterocycles. The summed E-state index contributed by atoms with van der Waals surface area (Å²) < 4.78 is 5.61. The van der Waals surface area contributed by atoms with E-state index < -0.39 is 0 Å². The van der Waals surface area contributed by atoms with Crippen LogP contribution in [0.15, 0.2) is 35.5 Å². The number of hydrogen-bond donors (Lipinski definition) is 1. The van der Waals surface area contributed by atoms with E-state index in [2.05, 4.69) is 9.97 Å². The molecule has 4 nitrogen and oxygen atoms in total. The van der Waals surface area contributed by atoms with Crippen molar-refractivity contribution in [1.82, 2.24) is 9.97 Å². The fourth-order valence-electron chi connectivity index (χ4n) is 1.66. The predicted molar refractivity (Wildman–Crippen MR) is 79.4 cm³/mol. The normalized spacial score (nSPS) is 10.7. The number of benzene rings is 1. The van der Waals surface area contributed by atoms with Gasteiger partial charge in [-0.05, 0) is 44.4 Å². The first-order valence-electron chi connectivity index (χ1n) is 6.04. The molecular formula is C14H17N3OS. The van der Waals surface area contributed by atoms with Crippen molar-refractivity contribution >= 4 is 17.6 Å². The van der Waals surface area contributed by atoms with Gasteiger partial charge in [-0.3, -0.25) is 0 Å². The van der Waals surface area contributed by atoms with Crippen molar-refractivity contribution in [3.8, 4) is 17.0 Å². The molecule has 0 unspecified atom stereocenters. The summed E-state index contributed by atoms with van der Waals surface area (Å²) in [7, 11) is 0. The Morgan fingerprint density at radius 3 is 2.42 bits per heavy atom. The highest BCUT2D eigenvalue weighted by Gasteiger charge is 2.05. The number of nitrogens with two attached hydrogens (primary N) is 1. The smallest absolute Gasteiger partial charge is 0.189 e. The molecule has 1 heterocycles. The second-order valence-electron chi connectivity index (χ2n) is 4.36. The third-order valence-electron chi connectivity index (χ3n) is 2.43. The molecule has 2 rings (SSSR count). The summed E-state index contributed by atoms with van der Waals surface area (Å²) in [5.41, 5.74) is 7.61. The molecule has 0 aliphatic heterocycles. The van der Waals surface area contributed by atoms with E-state index in [1.165, 1.54) is 11.8 Å². The zero-order valence-corrected chi connectivity index (χ0v) is 12.1. The van der Waals surface area contributed by atoms with E-state index in [1.54, 1.807) is 6.07 Å². The quantitative estimate of drug-likeness (QED) is 0.685. The van der Waals surface area contributed by atoms with Crippen LogP contribution < -0.4 is 10.5 Å². The molecule has 0 spiro atoms. The van der Waals surface area contributed by atoms with Crippen molar-refractivity contribution in [2.24, 2.45) is 0 Å². The standard InChI is InChI=1S/C14H17N3OS/c1-9(2)18-11-6-4-10(5-7-11)12-8-13(15)17-14(16-12)19-3/h4-9H,1-3H3,(H2,15,16,17). The summed E-state index contributed by atoms with van der Waals surface area (Å²) >= 11 is 1.48. The summed E-state index contributed by atoms with van der Waals surface area (Å²) in [6.07, 6.45) is 2.10. The van der Waals surface area contributed by atoms with Crippen molar-refractivity contribution < 1.29 is 4.74 Å². The van der Waals surface area contributed by atoms with Crippen LogP contribution in [-0.2, 0) is 0 Å². The van der Waals surface area contributed by atoms with Crippen LogP contribution in [0.4, 0.5) is 5.82 Å². The maximum Gasteiger partial charge on any atom is 0.189 e. The minimum Gasteiger partial charge on any atom is -0.491 e. The third-order valence-corrected chi connectivity index (χ3v) is 2.98. The van der Waals surface area contributed by atoms with Gasteiger partial charge in [-0.25, -0.2) is 9.97 Å². The molecule has 0 radical (unpaired) electrons. The summed E-state index contributed by atoms with van der Waals surface area (Å²) in [4.78, 5) is 8.58. The highest BCUT2D eigenvalue weighted by molar-refractivity contribution is 7.98. The summed E-state index contributed by atoms with van der Waals surface area (Å²) in [5.74, 6) is 1.34. The van der Waals surface area contributed by atoms with Crippen LogP contribution in [0.3, 0.4) is 0 Å². The molecule has 0 aliphatic carbocycles. The molecule has 5 heteroatoms. The molecule has 100 valence electrons. The van der Waals surface area contributed by atoms with E-state index in [0.29, 0.717) is 11.0 Å². The SMILES string of the molecule is CSc1nc(N)cc(-c2ccc(OC(C)C)cc2)n1. The Bertz CT molecular complexity index is 555. The number of nitrogens with zero attached hydrogens (tertiary/aromatic N) is 2. The monoisotopic (exact) mass is 275 g/mol. The molecule has 0 amide bonds. The van der Waals surface area contributed by atoms with E-state index in [0.717, 1.165) is 17.0 Å². The van der Waals surface area contributed by atoms with Crippen LogP contribution in [0.1, 0.15) is 13.8 Å². The Labute approximate surface area is 117 Å². The van der Waals surface area contributed by atoms with Crippen LogP contribution in [0.25, 0.3) is 11.3 Å². The highest BCUT2D eigenvalue weighted by Crippen LogP contribution is 2.24. The van der Waals surface area contributed by atoms with Crippen molar-refractivity contribution in [2.45, 2.75) is 25.1 Å². The zero-order valence-electron chi connectivity index (χ0n) is 11.3. The van der Waals surface area contributed by atoms with Crippen LogP contribution in [0.5, 0.6) is 5.75 Å². The van der Waals surface area contributed by atoms with Crippen molar-refractivity contribution in [3.63, 3.8) is 0 Å². The highest BCUT2D eigenvalue weighted by atomic mass is 32.2. The molecule has 0 saturated carbocycles. The Morgan fingerprint density at radius 1 is 1.16 bits per heavy atom. The first kappa shape index (κ1) is 13.7. The number of rotatable bonds is 4. The molecule has 0 aliphatic rings. The van der Waals surface area contributed by atoms with Crippen molar-refractivity contribution in [1.29, 1.82) is 0 Å². The largest absolute Gasteiger partial charge is 0.491 e. The topological polar surface area (TPSA) is 61.0 Å². The fraction of sp³-hybridized carbons (Fsp3) is 0.286. The Kier molecular flexibility index (Phi) is 4.27. The van der Waals surface area contributed by atoms with Crippen molar-refractivity contribution in [3.05, 3.63) is 30.3 Å². The van der Waals surface area contributed by atoms with Gasteiger partial charge in [0.15, 0.2) is 5.16 Å². The van der Waals surface area contributed by atoms with Crippen LogP contribution in [0.2, 0.25) is 0 Å². The molecule has 19 heavy (non-hydrogen) atoms. The van der Waals surface area contributed by atoms with Gasteiger partial charge < -0.3 is 10.5 Å². The fourth-order valence-corrected chi connectivity index (χ4v) is 2.05. The first-order chi connectivity index (χ1) is 9.08. The molecule has 2 aromatic rings. The number of ether oxygens (including phenoxy) is 1. The Hall–Kier alpha value is -1.75. The minimum atomic E-state index is 0.170. The van der Waals surface area contributed by atoms with Crippen LogP contribution >= 0.6 is 11.8 Å². The van der Waals surface area contributed by atoms with E-state index in [4.69, 9.17) is 10.5 Å². The van der Waals surface area contributed by atoms with Crippen LogP contribution in [0, 0.1) is 0 Å². The van der Waals surface area contributed by atoms with Crippen molar-refractivity contribution in [2.75, 3.05) is 12.0 Å². The maximum atomic E-state index is 5.78. The van der Waals surface area contributed by atoms with Gasteiger partial charge >= 0.3 is 0 Å². The molecule has 0 saturated heterocycles. The Balaban J connectivity index is 2.29. The van der Waals surface area contributed by atoms with Gasteiger partial charge in [-0.1, -0.05) is 11.8 Å². The molecule has 0 fully saturated rings. The predicted octanol–water partition coefficient (Wildman–Crippen LogP) is 3.23. The van der Waals surface area contributed by atoms with Gasteiger partial charge in [0.25, 0.3) is 0 Å². The number of hydrogen-bond acceptors (Lipinski definition) is 5. The van der Waals surface area contributed by atoms with Crippen LogP contribution in [-0.4, -0.2) is 22.3 Å². The second kappa shape index (κ2) is 5.93. The number of thioether (sulfide) groups is 1. The number of anilines is 1. The summed E-state index contributed by atoms with van der Waals surface area (Å²) in [5, 5.41) is 0.678. The molecule has 1 aromatic carbocycles. The number of aromatic nitrogens is 2. The average Bonchev–Trinajstić information content (AvgIpc) is 2.38. The summed E-state index contributed by atoms with van der Waals surface area (Å²) in [6, 6.07) is 9.60. The average molecular weight is 275 g/mol. The van der Waals surface area contributed by atoms with Gasteiger partial charge in [-0.2, -0.15) is 0 Å². The molecular weight excluding hydrogens is 258 g/mol.